The third-order valence-electron chi connectivity index (χ3n) is 2.18. The number of rotatable bonds is 2. The maximum Gasteiger partial charge on any atom is 0.138 e. The highest BCUT2D eigenvalue weighted by Crippen LogP contribution is 2.21. The molecule has 1 saturated heterocycles. The van der Waals surface area contributed by atoms with Gasteiger partial charge in [0.05, 0.1) is 0 Å². The monoisotopic (exact) mass is 155 g/mol. The molecule has 0 saturated carbocycles. The summed E-state index contributed by atoms with van der Waals surface area (Å²) in [5.41, 5.74) is -0.143. The van der Waals surface area contributed by atoms with Gasteiger partial charge in [-0.05, 0) is 19.0 Å². The van der Waals surface area contributed by atoms with Crippen molar-refractivity contribution in [2.24, 2.45) is 11.3 Å². The molecule has 0 atom stereocenters. The largest absolute Gasteiger partial charge is 0.316 e. The van der Waals surface area contributed by atoms with Gasteiger partial charge in [0, 0.05) is 11.8 Å². The van der Waals surface area contributed by atoms with Crippen molar-refractivity contribution in [1.29, 1.82) is 0 Å². The molecule has 1 aliphatic heterocycles. The molecule has 0 radical (unpaired) electrons. The number of Topliss-reactive ketones (excluding diaryl/α,β-unsaturated/α-hetero) is 1. The number of carbonyl (C=O) groups is 1. The van der Waals surface area contributed by atoms with Gasteiger partial charge in [-0.1, -0.05) is 20.8 Å². The van der Waals surface area contributed by atoms with E-state index in [1.54, 1.807) is 0 Å². The van der Waals surface area contributed by atoms with Gasteiger partial charge in [-0.25, -0.2) is 0 Å². The maximum atomic E-state index is 11.4. The molecule has 1 N–H and O–H groups in total. The van der Waals surface area contributed by atoms with Crippen molar-refractivity contribution in [3.05, 3.63) is 0 Å². The fourth-order valence-corrected chi connectivity index (χ4v) is 1.06. The van der Waals surface area contributed by atoms with E-state index in [-0.39, 0.29) is 5.41 Å². The Morgan fingerprint density at radius 2 is 2.00 bits per heavy atom. The lowest BCUT2D eigenvalue weighted by Gasteiger charge is -2.29. The molecular formula is C9H17NO. The van der Waals surface area contributed by atoms with Crippen LogP contribution in [0.2, 0.25) is 0 Å². The molecule has 0 aromatic rings. The molecule has 64 valence electrons. The summed E-state index contributed by atoms with van der Waals surface area (Å²) in [6, 6.07) is 0. The second-order valence-electron chi connectivity index (χ2n) is 4.40. The molecule has 1 rings (SSSR count). The highest BCUT2D eigenvalue weighted by Gasteiger charge is 2.27. The zero-order chi connectivity index (χ0) is 8.48. The van der Waals surface area contributed by atoms with Gasteiger partial charge >= 0.3 is 0 Å². The van der Waals surface area contributed by atoms with E-state index in [1.165, 1.54) is 0 Å². The van der Waals surface area contributed by atoms with Gasteiger partial charge in [0.25, 0.3) is 0 Å². The van der Waals surface area contributed by atoms with E-state index < -0.39 is 0 Å². The van der Waals surface area contributed by atoms with Crippen molar-refractivity contribution >= 4 is 5.78 Å². The molecular weight excluding hydrogens is 138 g/mol. The third kappa shape index (κ3) is 2.29. The van der Waals surface area contributed by atoms with E-state index in [0.717, 1.165) is 19.5 Å². The lowest BCUT2D eigenvalue weighted by Crippen LogP contribution is -2.44. The van der Waals surface area contributed by atoms with Crippen LogP contribution in [0.25, 0.3) is 0 Å². The second-order valence-corrected chi connectivity index (χ2v) is 4.40. The average molecular weight is 155 g/mol. The highest BCUT2D eigenvalue weighted by atomic mass is 16.1. The molecule has 0 spiro atoms. The van der Waals surface area contributed by atoms with Crippen LogP contribution < -0.4 is 5.32 Å². The fraction of sp³-hybridized carbons (Fsp3) is 0.889. The standard InChI is InChI=1S/C9H17NO/c1-9(2,3)8(11)4-7-5-10-6-7/h7,10H,4-6H2,1-3H3. The summed E-state index contributed by atoms with van der Waals surface area (Å²) in [5.74, 6) is 1.01. The van der Waals surface area contributed by atoms with E-state index in [1.807, 2.05) is 20.8 Å². The summed E-state index contributed by atoms with van der Waals surface area (Å²) in [4.78, 5) is 11.4. The summed E-state index contributed by atoms with van der Waals surface area (Å²) in [5, 5.41) is 3.17. The van der Waals surface area contributed by atoms with Crippen LogP contribution >= 0.6 is 0 Å². The quantitative estimate of drug-likeness (QED) is 0.649. The predicted molar refractivity (Wildman–Crippen MR) is 45.4 cm³/mol. The van der Waals surface area contributed by atoms with Crippen LogP contribution in [0.5, 0.6) is 0 Å². The van der Waals surface area contributed by atoms with Gasteiger partial charge in [0.2, 0.25) is 0 Å². The topological polar surface area (TPSA) is 29.1 Å². The molecule has 0 aliphatic carbocycles. The van der Waals surface area contributed by atoms with Gasteiger partial charge in [-0.15, -0.1) is 0 Å². The fourth-order valence-electron chi connectivity index (χ4n) is 1.06. The summed E-state index contributed by atoms with van der Waals surface area (Å²) in [6.07, 6.45) is 0.760. The third-order valence-corrected chi connectivity index (χ3v) is 2.18. The Morgan fingerprint density at radius 3 is 2.27 bits per heavy atom. The number of hydrogen-bond donors (Lipinski definition) is 1. The van der Waals surface area contributed by atoms with E-state index in [0.29, 0.717) is 11.7 Å². The van der Waals surface area contributed by atoms with Crippen LogP contribution in [-0.4, -0.2) is 18.9 Å². The molecule has 1 heterocycles. The van der Waals surface area contributed by atoms with E-state index in [9.17, 15) is 4.79 Å². The van der Waals surface area contributed by atoms with E-state index >= 15 is 0 Å². The summed E-state index contributed by atoms with van der Waals surface area (Å²) in [6.45, 7) is 8.02. The minimum atomic E-state index is -0.143. The number of ketones is 1. The first-order chi connectivity index (χ1) is 5.00. The second kappa shape index (κ2) is 2.94. The van der Waals surface area contributed by atoms with Crippen LogP contribution in [0.1, 0.15) is 27.2 Å². The molecule has 2 heteroatoms. The molecule has 0 aromatic heterocycles. The van der Waals surface area contributed by atoms with Gasteiger partial charge in [0.1, 0.15) is 5.78 Å². The van der Waals surface area contributed by atoms with Crippen molar-refractivity contribution in [3.8, 4) is 0 Å². The van der Waals surface area contributed by atoms with Crippen LogP contribution in [-0.2, 0) is 4.79 Å². The van der Waals surface area contributed by atoms with E-state index in [4.69, 9.17) is 0 Å². The van der Waals surface area contributed by atoms with Crippen LogP contribution in [0.3, 0.4) is 0 Å². The Hall–Kier alpha value is -0.370. The van der Waals surface area contributed by atoms with Crippen LogP contribution in [0.4, 0.5) is 0 Å². The SMILES string of the molecule is CC(C)(C)C(=O)CC1CNC1. The average Bonchev–Trinajstić information content (AvgIpc) is 1.75. The first-order valence-electron chi connectivity index (χ1n) is 4.24. The Kier molecular flexibility index (Phi) is 2.33. The normalized spacial score (nSPS) is 19.5. The van der Waals surface area contributed by atoms with Crippen molar-refractivity contribution in [1.82, 2.24) is 5.32 Å². The Labute approximate surface area is 68.4 Å². The summed E-state index contributed by atoms with van der Waals surface area (Å²) < 4.78 is 0. The number of carbonyl (C=O) groups excluding carboxylic acids is 1. The van der Waals surface area contributed by atoms with Crippen molar-refractivity contribution in [2.75, 3.05) is 13.1 Å². The van der Waals surface area contributed by atoms with Crippen molar-refractivity contribution in [2.45, 2.75) is 27.2 Å². The van der Waals surface area contributed by atoms with Gasteiger partial charge in [0.15, 0.2) is 0 Å². The van der Waals surface area contributed by atoms with Crippen LogP contribution in [0.15, 0.2) is 0 Å². The first-order valence-corrected chi connectivity index (χ1v) is 4.24. The molecule has 0 amide bonds. The summed E-state index contributed by atoms with van der Waals surface area (Å²) >= 11 is 0. The van der Waals surface area contributed by atoms with E-state index in [2.05, 4.69) is 5.32 Å². The molecule has 0 aromatic carbocycles. The lowest BCUT2D eigenvalue weighted by atomic mass is 9.83. The van der Waals surface area contributed by atoms with Gasteiger partial charge in [-0.2, -0.15) is 0 Å². The zero-order valence-electron chi connectivity index (χ0n) is 7.61. The maximum absolute atomic E-state index is 11.4. The Balaban J connectivity index is 2.30. The minimum Gasteiger partial charge on any atom is -0.316 e. The van der Waals surface area contributed by atoms with Crippen molar-refractivity contribution in [3.63, 3.8) is 0 Å². The molecule has 0 bridgehead atoms. The highest BCUT2D eigenvalue weighted by molar-refractivity contribution is 5.83. The molecule has 2 nitrogen and oxygen atoms in total. The first kappa shape index (κ1) is 8.72. The molecule has 1 fully saturated rings. The molecule has 0 unspecified atom stereocenters. The minimum absolute atomic E-state index is 0.143. The Bertz CT molecular complexity index is 153. The smallest absolute Gasteiger partial charge is 0.138 e. The Morgan fingerprint density at radius 1 is 1.45 bits per heavy atom. The molecule has 1 aliphatic rings. The van der Waals surface area contributed by atoms with Crippen LogP contribution in [0, 0.1) is 11.3 Å². The number of nitrogens with one attached hydrogen (secondary N) is 1. The summed E-state index contributed by atoms with van der Waals surface area (Å²) in [7, 11) is 0. The lowest BCUT2D eigenvalue weighted by molar-refractivity contribution is -0.127. The van der Waals surface area contributed by atoms with Gasteiger partial charge < -0.3 is 5.32 Å². The number of hydrogen-bond acceptors (Lipinski definition) is 2. The molecule has 11 heavy (non-hydrogen) atoms. The van der Waals surface area contributed by atoms with Gasteiger partial charge in [-0.3, -0.25) is 4.79 Å². The predicted octanol–water partition coefficient (Wildman–Crippen LogP) is 1.21. The zero-order valence-corrected chi connectivity index (χ0v) is 7.61. The van der Waals surface area contributed by atoms with Crippen molar-refractivity contribution < 1.29 is 4.79 Å².